The summed E-state index contributed by atoms with van der Waals surface area (Å²) in [5.74, 6) is 2.81. The second-order valence-corrected chi connectivity index (χ2v) is 6.90. The normalized spacial score (nSPS) is 11.4. The predicted octanol–water partition coefficient (Wildman–Crippen LogP) is 5.66. The molecule has 0 saturated carbocycles. The van der Waals surface area contributed by atoms with E-state index in [1.807, 2.05) is 12.1 Å². The average molecular weight is 387 g/mol. The number of rotatable bonds is 4. The van der Waals surface area contributed by atoms with E-state index >= 15 is 0 Å². The van der Waals surface area contributed by atoms with Crippen molar-refractivity contribution in [1.29, 1.82) is 0 Å². The molecule has 146 valence electrons. The average Bonchev–Trinajstić information content (AvgIpc) is 3.14. The third-order valence-electron chi connectivity index (χ3n) is 5.59. The molecule has 0 atom stereocenters. The van der Waals surface area contributed by atoms with Crippen LogP contribution in [0.1, 0.15) is 0 Å². The Morgan fingerprint density at radius 2 is 1.31 bits per heavy atom. The summed E-state index contributed by atoms with van der Waals surface area (Å²) in [6.07, 6.45) is 0. The van der Waals surface area contributed by atoms with Crippen molar-refractivity contribution in [1.82, 2.24) is 4.98 Å². The molecular weight excluding hydrogens is 366 g/mol. The lowest BCUT2D eigenvalue weighted by Gasteiger charge is -2.15. The van der Waals surface area contributed by atoms with Crippen molar-refractivity contribution in [2.75, 3.05) is 28.4 Å². The van der Waals surface area contributed by atoms with Crippen LogP contribution in [0.5, 0.6) is 23.1 Å². The summed E-state index contributed by atoms with van der Waals surface area (Å²) in [5.41, 5.74) is 0.937. The number of fused-ring (bicyclic) bond motifs is 7. The Bertz CT molecular complexity index is 1400. The molecule has 0 aliphatic heterocycles. The molecule has 4 aromatic carbocycles. The fraction of sp³-hybridized carbons (Fsp3) is 0.167. The highest BCUT2D eigenvalue weighted by Gasteiger charge is 2.21. The molecule has 5 rings (SSSR count). The van der Waals surface area contributed by atoms with Crippen molar-refractivity contribution >= 4 is 43.2 Å². The van der Waals surface area contributed by atoms with Crippen LogP contribution in [-0.4, -0.2) is 33.4 Å². The topological polar surface area (TPSA) is 52.7 Å². The summed E-state index contributed by atoms with van der Waals surface area (Å²) in [6.45, 7) is 0. The molecule has 0 aliphatic rings. The molecule has 5 aromatic rings. The molecule has 0 saturated heterocycles. The van der Waals surface area contributed by atoms with Crippen LogP contribution in [0.3, 0.4) is 0 Å². The Hall–Kier alpha value is -3.60. The second kappa shape index (κ2) is 6.48. The van der Waals surface area contributed by atoms with Gasteiger partial charge in [0, 0.05) is 16.2 Å². The quantitative estimate of drug-likeness (QED) is 0.404. The lowest BCUT2D eigenvalue weighted by molar-refractivity contribution is 0.350. The molecular formula is C24H21NO4. The lowest BCUT2D eigenvalue weighted by atomic mass is 9.94. The first-order valence-electron chi connectivity index (χ1n) is 9.34. The number of hydrogen-bond donors (Lipinski definition) is 1. The van der Waals surface area contributed by atoms with Crippen molar-refractivity contribution in [2.24, 2.45) is 0 Å². The summed E-state index contributed by atoms with van der Waals surface area (Å²) in [5, 5.41) is 7.38. The van der Waals surface area contributed by atoms with Crippen molar-refractivity contribution in [3.63, 3.8) is 0 Å². The van der Waals surface area contributed by atoms with Gasteiger partial charge in [0.05, 0.1) is 39.3 Å². The first kappa shape index (κ1) is 17.5. The number of methoxy groups -OCH3 is 4. The molecule has 0 unspecified atom stereocenters. The van der Waals surface area contributed by atoms with Crippen LogP contribution in [0.15, 0.2) is 48.5 Å². The summed E-state index contributed by atoms with van der Waals surface area (Å²) in [7, 11) is 6.64. The van der Waals surface area contributed by atoms with Gasteiger partial charge in [0.1, 0.15) is 11.5 Å². The molecule has 0 amide bonds. The number of ether oxygens (including phenoxy) is 4. The molecule has 5 nitrogen and oxygen atoms in total. The summed E-state index contributed by atoms with van der Waals surface area (Å²) in [4.78, 5) is 3.35. The highest BCUT2D eigenvalue weighted by molar-refractivity contribution is 6.26. The van der Waals surface area contributed by atoms with Gasteiger partial charge in [-0.05, 0) is 28.3 Å². The Kier molecular flexibility index (Phi) is 3.91. The van der Waals surface area contributed by atoms with E-state index in [9.17, 15) is 0 Å². The summed E-state index contributed by atoms with van der Waals surface area (Å²) < 4.78 is 22.7. The summed E-state index contributed by atoms with van der Waals surface area (Å²) >= 11 is 0. The largest absolute Gasteiger partial charge is 0.496 e. The van der Waals surface area contributed by atoms with Crippen LogP contribution in [0.25, 0.3) is 43.2 Å². The van der Waals surface area contributed by atoms with Gasteiger partial charge in [-0.1, -0.05) is 36.4 Å². The van der Waals surface area contributed by atoms with Crippen molar-refractivity contribution < 1.29 is 18.9 Å². The van der Waals surface area contributed by atoms with Crippen LogP contribution < -0.4 is 18.9 Å². The molecule has 1 aromatic heterocycles. The molecule has 0 radical (unpaired) electrons. The van der Waals surface area contributed by atoms with Gasteiger partial charge in [-0.2, -0.15) is 0 Å². The third-order valence-corrected chi connectivity index (χ3v) is 5.59. The zero-order chi connectivity index (χ0) is 20.1. The molecule has 0 aliphatic carbocycles. The van der Waals surface area contributed by atoms with E-state index in [0.29, 0.717) is 11.6 Å². The lowest BCUT2D eigenvalue weighted by Crippen LogP contribution is -1.92. The zero-order valence-electron chi connectivity index (χ0n) is 16.8. The fourth-order valence-corrected chi connectivity index (χ4v) is 4.32. The van der Waals surface area contributed by atoms with E-state index in [1.54, 1.807) is 28.4 Å². The van der Waals surface area contributed by atoms with Gasteiger partial charge >= 0.3 is 0 Å². The predicted molar refractivity (Wildman–Crippen MR) is 117 cm³/mol. The van der Waals surface area contributed by atoms with Gasteiger partial charge in [-0.15, -0.1) is 0 Å². The van der Waals surface area contributed by atoms with E-state index in [-0.39, 0.29) is 0 Å². The SMILES string of the molecule is COc1[nH]c2c(cc(OC)c3c2ccc2c4ccccc4cc(OC)c23)c1OC. The first-order chi connectivity index (χ1) is 14.2. The minimum Gasteiger partial charge on any atom is -0.496 e. The Morgan fingerprint density at radius 3 is 2.03 bits per heavy atom. The van der Waals surface area contributed by atoms with Gasteiger partial charge in [0.25, 0.3) is 0 Å². The molecule has 0 spiro atoms. The van der Waals surface area contributed by atoms with Crippen LogP contribution in [-0.2, 0) is 0 Å². The third kappa shape index (κ3) is 2.34. The Labute approximate surface area is 167 Å². The molecule has 1 N–H and O–H groups in total. The Balaban J connectivity index is 2.06. The minimum atomic E-state index is 0.586. The maximum atomic E-state index is 5.83. The van der Waals surface area contributed by atoms with Crippen molar-refractivity contribution in [3.05, 3.63) is 48.5 Å². The summed E-state index contributed by atoms with van der Waals surface area (Å²) in [6, 6.07) is 16.7. The fourth-order valence-electron chi connectivity index (χ4n) is 4.32. The van der Waals surface area contributed by atoms with Crippen LogP contribution >= 0.6 is 0 Å². The van der Waals surface area contributed by atoms with E-state index < -0.39 is 0 Å². The molecule has 1 heterocycles. The monoisotopic (exact) mass is 387 g/mol. The highest BCUT2D eigenvalue weighted by atomic mass is 16.5. The van der Waals surface area contributed by atoms with Crippen molar-refractivity contribution in [2.45, 2.75) is 0 Å². The molecule has 5 heteroatoms. The van der Waals surface area contributed by atoms with Gasteiger partial charge in [0.2, 0.25) is 5.88 Å². The maximum Gasteiger partial charge on any atom is 0.235 e. The number of H-pyrrole nitrogens is 1. The van der Waals surface area contributed by atoms with Crippen molar-refractivity contribution in [3.8, 4) is 23.1 Å². The van der Waals surface area contributed by atoms with Gasteiger partial charge in [0.15, 0.2) is 5.75 Å². The van der Waals surface area contributed by atoms with Crippen LogP contribution in [0.2, 0.25) is 0 Å². The number of nitrogens with one attached hydrogen (secondary N) is 1. The highest BCUT2D eigenvalue weighted by Crippen LogP contribution is 2.47. The maximum absolute atomic E-state index is 5.83. The molecule has 29 heavy (non-hydrogen) atoms. The van der Waals surface area contributed by atoms with E-state index in [0.717, 1.165) is 49.3 Å². The second-order valence-electron chi connectivity index (χ2n) is 6.90. The van der Waals surface area contributed by atoms with Gasteiger partial charge in [-0.3, -0.25) is 0 Å². The van der Waals surface area contributed by atoms with Crippen LogP contribution in [0, 0.1) is 0 Å². The minimum absolute atomic E-state index is 0.586. The number of hydrogen-bond acceptors (Lipinski definition) is 4. The van der Waals surface area contributed by atoms with Gasteiger partial charge < -0.3 is 23.9 Å². The smallest absolute Gasteiger partial charge is 0.235 e. The molecule has 0 fully saturated rings. The van der Waals surface area contributed by atoms with E-state index in [2.05, 4.69) is 41.4 Å². The van der Waals surface area contributed by atoms with E-state index in [1.165, 1.54) is 5.39 Å². The van der Waals surface area contributed by atoms with E-state index in [4.69, 9.17) is 18.9 Å². The number of aromatic nitrogens is 1. The Morgan fingerprint density at radius 1 is 0.621 bits per heavy atom. The standard InChI is InChI=1S/C24H21NO4/c1-26-18-11-13-7-5-6-8-14(13)15-9-10-16-21(20(15)18)19(27-2)12-17-22(16)25-24(29-4)23(17)28-3/h5-12,25H,1-4H3. The number of benzene rings is 4. The molecule has 0 bridgehead atoms. The zero-order valence-corrected chi connectivity index (χ0v) is 16.8. The van der Waals surface area contributed by atoms with Gasteiger partial charge in [-0.25, -0.2) is 0 Å². The number of aromatic amines is 1. The van der Waals surface area contributed by atoms with Crippen LogP contribution in [0.4, 0.5) is 0 Å². The first-order valence-corrected chi connectivity index (χ1v) is 9.34.